The van der Waals surface area contributed by atoms with Crippen LogP contribution in [-0.2, 0) is 0 Å². The van der Waals surface area contributed by atoms with Crippen LogP contribution in [0, 0.1) is 0 Å². The van der Waals surface area contributed by atoms with Gasteiger partial charge in [-0.05, 0) is 98.4 Å². The van der Waals surface area contributed by atoms with Crippen LogP contribution in [0.1, 0.15) is 0 Å². The SMILES string of the molecule is c1ccc(-c2nc3c(ccc4c(-c5ccc(-c6ccc7c(ccc8cc(-c9ccnc%10c9ccc9cccnc9%10)ccc87)c6)cc5)nc5ccccc5c43)o2)cc1. The van der Waals surface area contributed by atoms with Crippen LogP contribution >= 0.6 is 0 Å². The van der Waals surface area contributed by atoms with Crippen molar-refractivity contribution in [3.63, 3.8) is 0 Å². The number of para-hydroxylation sites is 1. The fourth-order valence-corrected chi connectivity index (χ4v) is 8.60. The van der Waals surface area contributed by atoms with Crippen molar-refractivity contribution in [2.75, 3.05) is 0 Å². The van der Waals surface area contributed by atoms with Gasteiger partial charge in [-0.1, -0.05) is 115 Å². The minimum Gasteiger partial charge on any atom is -0.436 e. The Morgan fingerprint density at radius 1 is 0.368 bits per heavy atom. The summed E-state index contributed by atoms with van der Waals surface area (Å²) in [5.41, 5.74) is 12.0. The van der Waals surface area contributed by atoms with E-state index in [4.69, 9.17) is 19.4 Å². The first-order chi connectivity index (χ1) is 28.2. The van der Waals surface area contributed by atoms with E-state index in [1.165, 1.54) is 27.1 Å². The van der Waals surface area contributed by atoms with E-state index in [2.05, 4.69) is 126 Å². The lowest BCUT2D eigenvalue weighted by molar-refractivity contribution is 0.620. The Labute approximate surface area is 326 Å². The Hall–Kier alpha value is -7.76. The van der Waals surface area contributed by atoms with Crippen LogP contribution in [0.2, 0.25) is 0 Å². The lowest BCUT2D eigenvalue weighted by Gasteiger charge is -2.12. The largest absolute Gasteiger partial charge is 0.436 e. The van der Waals surface area contributed by atoms with Crippen LogP contribution in [0.25, 0.3) is 121 Å². The normalized spacial score (nSPS) is 11.9. The fourth-order valence-electron chi connectivity index (χ4n) is 8.60. The van der Waals surface area contributed by atoms with Crippen molar-refractivity contribution in [3.05, 3.63) is 182 Å². The lowest BCUT2D eigenvalue weighted by atomic mass is 9.93. The van der Waals surface area contributed by atoms with Gasteiger partial charge < -0.3 is 4.42 Å². The molecule has 8 aromatic carbocycles. The fraction of sp³-hybridized carbons (Fsp3) is 0. The van der Waals surface area contributed by atoms with E-state index >= 15 is 0 Å². The molecule has 5 nitrogen and oxygen atoms in total. The third-order valence-corrected chi connectivity index (χ3v) is 11.4. The molecule has 12 rings (SSSR count). The molecule has 0 atom stereocenters. The summed E-state index contributed by atoms with van der Waals surface area (Å²) in [7, 11) is 0. The number of pyridine rings is 3. The summed E-state index contributed by atoms with van der Waals surface area (Å²) in [5.74, 6) is 0.614. The van der Waals surface area contributed by atoms with E-state index in [1.54, 1.807) is 0 Å². The van der Waals surface area contributed by atoms with Crippen molar-refractivity contribution in [2.24, 2.45) is 0 Å². The summed E-state index contributed by atoms with van der Waals surface area (Å²) in [4.78, 5) is 19.6. The molecule has 0 radical (unpaired) electrons. The van der Waals surface area contributed by atoms with Crippen molar-refractivity contribution < 1.29 is 4.42 Å². The highest BCUT2D eigenvalue weighted by molar-refractivity contribution is 6.21. The summed E-state index contributed by atoms with van der Waals surface area (Å²) >= 11 is 0. The van der Waals surface area contributed by atoms with E-state index in [-0.39, 0.29) is 0 Å². The molecule has 0 aliphatic heterocycles. The van der Waals surface area contributed by atoms with Crippen molar-refractivity contribution in [1.82, 2.24) is 19.9 Å². The van der Waals surface area contributed by atoms with E-state index in [0.717, 1.165) is 88.1 Å². The second-order valence-corrected chi connectivity index (χ2v) is 14.6. The first-order valence-corrected chi connectivity index (χ1v) is 19.1. The van der Waals surface area contributed by atoms with Gasteiger partial charge in [-0.25, -0.2) is 9.97 Å². The molecule has 264 valence electrons. The van der Waals surface area contributed by atoms with Gasteiger partial charge in [0.05, 0.1) is 22.2 Å². The van der Waals surface area contributed by atoms with E-state index in [0.29, 0.717) is 5.89 Å². The smallest absolute Gasteiger partial charge is 0.227 e. The summed E-state index contributed by atoms with van der Waals surface area (Å²) in [6.07, 6.45) is 3.73. The molecule has 0 amide bonds. The highest BCUT2D eigenvalue weighted by Crippen LogP contribution is 2.40. The molecule has 57 heavy (non-hydrogen) atoms. The van der Waals surface area contributed by atoms with Crippen LogP contribution in [0.5, 0.6) is 0 Å². The van der Waals surface area contributed by atoms with Gasteiger partial charge in [0.2, 0.25) is 5.89 Å². The standard InChI is InChI=1S/C52H30N4O/c1-2-7-34(8-3-1)52-56-51-46(57-52)25-24-44-47(51)43-10-4-5-11-45(43)55-48(44)33-14-12-31(13-15-33)35-19-21-39-36(29-35)16-17-37-30-38(20-22-40(37)39)41-26-28-54-50-42(41)23-18-32-9-6-27-53-49(32)50/h1-30H. The van der Waals surface area contributed by atoms with Gasteiger partial charge in [-0.3, -0.25) is 9.97 Å². The van der Waals surface area contributed by atoms with Gasteiger partial charge in [-0.15, -0.1) is 0 Å². The van der Waals surface area contributed by atoms with Crippen molar-refractivity contribution in [2.45, 2.75) is 0 Å². The monoisotopic (exact) mass is 726 g/mol. The van der Waals surface area contributed by atoms with Gasteiger partial charge in [0, 0.05) is 50.5 Å². The summed E-state index contributed by atoms with van der Waals surface area (Å²) in [6.45, 7) is 0. The Kier molecular flexibility index (Phi) is 6.86. The molecule has 4 aromatic heterocycles. The van der Waals surface area contributed by atoms with Gasteiger partial charge in [0.15, 0.2) is 5.58 Å². The topological polar surface area (TPSA) is 64.7 Å². The molecule has 0 N–H and O–H groups in total. The van der Waals surface area contributed by atoms with Crippen molar-refractivity contribution in [1.29, 1.82) is 0 Å². The maximum Gasteiger partial charge on any atom is 0.227 e. The Balaban J connectivity index is 0.910. The number of aromatic nitrogens is 4. The van der Waals surface area contributed by atoms with Gasteiger partial charge in [-0.2, -0.15) is 0 Å². The minimum absolute atomic E-state index is 0.614. The molecule has 0 spiro atoms. The van der Waals surface area contributed by atoms with Crippen LogP contribution in [0.4, 0.5) is 0 Å². The number of oxazole rings is 1. The second kappa shape index (κ2) is 12.4. The third kappa shape index (κ3) is 5.03. The van der Waals surface area contributed by atoms with Gasteiger partial charge in [0.1, 0.15) is 5.52 Å². The number of hydrogen-bond acceptors (Lipinski definition) is 5. The zero-order valence-corrected chi connectivity index (χ0v) is 30.5. The zero-order chi connectivity index (χ0) is 37.5. The molecule has 0 saturated carbocycles. The van der Waals surface area contributed by atoms with E-state index < -0.39 is 0 Å². The molecular weight excluding hydrogens is 697 g/mol. The maximum absolute atomic E-state index is 6.29. The third-order valence-electron chi connectivity index (χ3n) is 11.4. The number of fused-ring (bicyclic) bond motifs is 11. The minimum atomic E-state index is 0.614. The molecule has 4 heterocycles. The average Bonchev–Trinajstić information content (AvgIpc) is 3.73. The van der Waals surface area contributed by atoms with Crippen LogP contribution < -0.4 is 0 Å². The number of benzene rings is 8. The average molecular weight is 727 g/mol. The highest BCUT2D eigenvalue weighted by Gasteiger charge is 2.18. The summed E-state index contributed by atoms with van der Waals surface area (Å²) in [6, 6.07) is 59.7. The predicted octanol–water partition coefficient (Wildman–Crippen LogP) is 13.6. The zero-order valence-electron chi connectivity index (χ0n) is 30.5. The molecule has 0 aliphatic carbocycles. The van der Waals surface area contributed by atoms with Crippen LogP contribution in [-0.4, -0.2) is 19.9 Å². The number of rotatable bonds is 4. The maximum atomic E-state index is 6.29. The van der Waals surface area contributed by atoms with E-state index in [9.17, 15) is 0 Å². The first kappa shape index (κ1) is 31.6. The molecule has 0 bridgehead atoms. The quantitative estimate of drug-likeness (QED) is 0.169. The lowest BCUT2D eigenvalue weighted by Crippen LogP contribution is -1.91. The predicted molar refractivity (Wildman–Crippen MR) is 234 cm³/mol. The molecule has 12 aromatic rings. The molecular formula is C52H30N4O. The number of nitrogens with zero attached hydrogens (tertiary/aromatic N) is 4. The molecule has 0 aliphatic rings. The Morgan fingerprint density at radius 3 is 1.91 bits per heavy atom. The molecule has 0 unspecified atom stereocenters. The Morgan fingerprint density at radius 2 is 1.05 bits per heavy atom. The van der Waals surface area contributed by atoms with Crippen LogP contribution in [0.3, 0.4) is 0 Å². The summed E-state index contributed by atoms with van der Waals surface area (Å²) < 4.78 is 6.29. The molecule has 0 fully saturated rings. The van der Waals surface area contributed by atoms with E-state index in [1.807, 2.05) is 60.9 Å². The molecule has 5 heteroatoms. The van der Waals surface area contributed by atoms with Gasteiger partial charge >= 0.3 is 0 Å². The van der Waals surface area contributed by atoms with Crippen molar-refractivity contribution >= 4 is 76.1 Å². The number of hydrogen-bond donors (Lipinski definition) is 0. The van der Waals surface area contributed by atoms with Crippen molar-refractivity contribution in [3.8, 4) is 45.0 Å². The highest BCUT2D eigenvalue weighted by atomic mass is 16.3. The van der Waals surface area contributed by atoms with Crippen LogP contribution in [0.15, 0.2) is 187 Å². The summed E-state index contributed by atoms with van der Waals surface area (Å²) in [5, 5.41) is 10.2. The Bertz CT molecular complexity index is 3570. The molecule has 0 saturated heterocycles. The second-order valence-electron chi connectivity index (χ2n) is 14.6. The first-order valence-electron chi connectivity index (χ1n) is 19.1. The van der Waals surface area contributed by atoms with Gasteiger partial charge in [0.25, 0.3) is 0 Å².